The van der Waals surface area contributed by atoms with Gasteiger partial charge in [-0.25, -0.2) is 13.4 Å². The molecule has 1 aliphatic carbocycles. The van der Waals surface area contributed by atoms with E-state index in [1.54, 1.807) is 16.4 Å². The van der Waals surface area contributed by atoms with Crippen LogP contribution in [0.25, 0.3) is 10.9 Å². The summed E-state index contributed by atoms with van der Waals surface area (Å²) in [4.78, 5) is 4.70. The van der Waals surface area contributed by atoms with Crippen molar-refractivity contribution in [1.29, 1.82) is 0 Å². The molecule has 2 fully saturated rings. The molecule has 3 aliphatic rings. The first-order chi connectivity index (χ1) is 15.3. The van der Waals surface area contributed by atoms with E-state index in [4.69, 9.17) is 0 Å². The summed E-state index contributed by atoms with van der Waals surface area (Å²) >= 11 is 0. The Kier molecular flexibility index (Phi) is 5.58. The van der Waals surface area contributed by atoms with Gasteiger partial charge in [-0.15, -0.1) is 0 Å². The van der Waals surface area contributed by atoms with E-state index in [1.807, 2.05) is 16.8 Å². The van der Waals surface area contributed by atoms with Crippen LogP contribution < -0.4 is 5.32 Å². The van der Waals surface area contributed by atoms with Gasteiger partial charge in [0.2, 0.25) is 10.0 Å². The molecule has 0 radical (unpaired) electrons. The van der Waals surface area contributed by atoms with Gasteiger partial charge in [-0.05, 0) is 43.9 Å². The third-order valence-corrected chi connectivity index (χ3v) is 9.21. The first kappa shape index (κ1) is 21.9. The number of hydrogen-bond acceptors (Lipinski definition) is 5. The Balaban J connectivity index is 1.41. The van der Waals surface area contributed by atoms with Crippen molar-refractivity contribution in [3.8, 4) is 5.75 Å². The number of benzene rings is 1. The van der Waals surface area contributed by atoms with Gasteiger partial charge >= 0.3 is 0 Å². The molecule has 0 unspecified atom stereocenters. The van der Waals surface area contributed by atoms with Crippen LogP contribution in [0.2, 0.25) is 0 Å². The highest BCUT2D eigenvalue weighted by Gasteiger charge is 2.36. The predicted octanol–water partition coefficient (Wildman–Crippen LogP) is 4.16. The van der Waals surface area contributed by atoms with Crippen molar-refractivity contribution < 1.29 is 13.5 Å². The highest BCUT2D eigenvalue weighted by Crippen LogP contribution is 2.43. The number of sulfonamides is 1. The van der Waals surface area contributed by atoms with Crippen molar-refractivity contribution in [1.82, 2.24) is 14.2 Å². The molecule has 1 atom stereocenters. The quantitative estimate of drug-likeness (QED) is 0.704. The molecular formula is C24H34N4O3S. The summed E-state index contributed by atoms with van der Waals surface area (Å²) in [5, 5.41) is 15.0. The summed E-state index contributed by atoms with van der Waals surface area (Å²) in [7, 11) is -3.64. The molecule has 3 heterocycles. The SMILES string of the molecule is CC1(C)C=Nc2c(O)c3cc(S(=O)(=O)N4CCC[C@H]4CNC4CCCCC4)ccc3n2C1. The number of aromatic hydroxyl groups is 1. The number of fused-ring (bicyclic) bond motifs is 3. The smallest absolute Gasteiger partial charge is 0.243 e. The Morgan fingerprint density at radius 2 is 1.94 bits per heavy atom. The van der Waals surface area contributed by atoms with E-state index in [2.05, 4.69) is 24.2 Å². The molecule has 0 spiro atoms. The fourth-order valence-corrected chi connectivity index (χ4v) is 7.23. The van der Waals surface area contributed by atoms with Crippen LogP contribution in [0.5, 0.6) is 5.75 Å². The maximum Gasteiger partial charge on any atom is 0.243 e. The molecule has 1 saturated heterocycles. The molecule has 2 N–H and O–H groups in total. The third-order valence-electron chi connectivity index (χ3n) is 7.26. The van der Waals surface area contributed by atoms with Crippen LogP contribution in [0.4, 0.5) is 5.82 Å². The Hall–Kier alpha value is -1.90. The van der Waals surface area contributed by atoms with E-state index in [9.17, 15) is 13.5 Å². The number of nitrogens with zero attached hydrogens (tertiary/aromatic N) is 3. The zero-order valence-corrected chi connectivity index (χ0v) is 19.9. The van der Waals surface area contributed by atoms with Gasteiger partial charge in [0.25, 0.3) is 0 Å². The molecule has 1 aromatic heterocycles. The first-order valence-corrected chi connectivity index (χ1v) is 13.4. The molecule has 5 rings (SSSR count). The normalized spacial score (nSPS) is 24.2. The summed E-state index contributed by atoms with van der Waals surface area (Å²) in [6.07, 6.45) is 9.83. The molecule has 1 saturated carbocycles. The summed E-state index contributed by atoms with van der Waals surface area (Å²) in [5.41, 5.74) is 0.697. The Morgan fingerprint density at radius 1 is 1.16 bits per heavy atom. The van der Waals surface area contributed by atoms with Gasteiger partial charge in [0.1, 0.15) is 0 Å². The second-order valence-electron chi connectivity index (χ2n) is 10.3. The Morgan fingerprint density at radius 3 is 2.72 bits per heavy atom. The van der Waals surface area contributed by atoms with Crippen LogP contribution in [0.15, 0.2) is 28.1 Å². The fraction of sp³-hybridized carbons (Fsp3) is 0.625. The summed E-state index contributed by atoms with van der Waals surface area (Å²) in [5.74, 6) is 0.561. The van der Waals surface area contributed by atoms with E-state index in [0.717, 1.165) is 18.4 Å². The van der Waals surface area contributed by atoms with Crippen LogP contribution in [0.3, 0.4) is 0 Å². The van der Waals surface area contributed by atoms with Gasteiger partial charge in [0.05, 0.1) is 10.4 Å². The first-order valence-electron chi connectivity index (χ1n) is 11.9. The molecule has 0 bridgehead atoms. The molecule has 2 aromatic rings. The largest absolute Gasteiger partial charge is 0.504 e. The topological polar surface area (TPSA) is 86.9 Å². The lowest BCUT2D eigenvalue weighted by Gasteiger charge is -2.28. The van der Waals surface area contributed by atoms with Crippen LogP contribution in [0.1, 0.15) is 58.8 Å². The second-order valence-corrected chi connectivity index (χ2v) is 12.2. The van der Waals surface area contributed by atoms with Crippen LogP contribution in [-0.4, -0.2) is 53.8 Å². The average molecular weight is 459 g/mol. The van der Waals surface area contributed by atoms with Crippen molar-refractivity contribution in [3.05, 3.63) is 18.2 Å². The van der Waals surface area contributed by atoms with E-state index < -0.39 is 10.0 Å². The van der Waals surface area contributed by atoms with Crippen molar-refractivity contribution in [3.63, 3.8) is 0 Å². The summed E-state index contributed by atoms with van der Waals surface area (Å²) in [6, 6.07) is 5.61. The molecule has 0 amide bonds. The average Bonchev–Trinajstić information content (AvgIpc) is 3.36. The van der Waals surface area contributed by atoms with Gasteiger partial charge in [0, 0.05) is 48.7 Å². The highest BCUT2D eigenvalue weighted by atomic mass is 32.2. The number of aromatic nitrogens is 1. The fourth-order valence-electron chi connectivity index (χ4n) is 5.51. The van der Waals surface area contributed by atoms with E-state index >= 15 is 0 Å². The molecule has 174 valence electrons. The van der Waals surface area contributed by atoms with Crippen molar-refractivity contribution in [2.24, 2.45) is 10.4 Å². The zero-order chi connectivity index (χ0) is 22.5. The number of aliphatic imine (C=N–C) groups is 1. The van der Waals surface area contributed by atoms with Crippen LogP contribution in [-0.2, 0) is 16.6 Å². The second kappa shape index (κ2) is 8.15. The van der Waals surface area contributed by atoms with E-state index in [0.29, 0.717) is 36.9 Å². The minimum atomic E-state index is -3.64. The third kappa shape index (κ3) is 3.86. The number of rotatable bonds is 5. The minimum absolute atomic E-state index is 0.0149. The molecule has 7 nitrogen and oxygen atoms in total. The van der Waals surface area contributed by atoms with Crippen LogP contribution in [0, 0.1) is 5.41 Å². The highest BCUT2D eigenvalue weighted by molar-refractivity contribution is 7.89. The van der Waals surface area contributed by atoms with E-state index in [1.165, 1.54) is 32.1 Å². The van der Waals surface area contributed by atoms with Gasteiger partial charge in [0.15, 0.2) is 11.6 Å². The van der Waals surface area contributed by atoms with Gasteiger partial charge in [-0.2, -0.15) is 4.31 Å². The molecule has 1 aromatic carbocycles. The molecular weight excluding hydrogens is 424 g/mol. The minimum Gasteiger partial charge on any atom is -0.504 e. The molecule has 8 heteroatoms. The van der Waals surface area contributed by atoms with Crippen molar-refractivity contribution in [2.75, 3.05) is 13.1 Å². The maximum atomic E-state index is 13.6. The van der Waals surface area contributed by atoms with Crippen LogP contribution >= 0.6 is 0 Å². The zero-order valence-electron chi connectivity index (χ0n) is 19.0. The number of nitrogens with one attached hydrogen (secondary N) is 1. The van der Waals surface area contributed by atoms with Gasteiger partial charge in [-0.3, -0.25) is 0 Å². The molecule has 2 aliphatic heterocycles. The summed E-state index contributed by atoms with van der Waals surface area (Å²) < 4.78 is 30.8. The van der Waals surface area contributed by atoms with E-state index in [-0.39, 0.29) is 22.1 Å². The Bertz CT molecular complexity index is 1150. The lowest BCUT2D eigenvalue weighted by Crippen LogP contribution is -2.44. The standard InChI is InChI=1S/C24H34N4O3S/c1-24(2)15-26-23-22(29)20-13-19(10-11-21(20)27(23)16-24)32(30,31)28-12-6-9-18(28)14-25-17-7-4-3-5-8-17/h10-11,13,15,17-18,25,29H,3-9,12,14,16H2,1-2H3/t18-/m0/s1. The van der Waals surface area contributed by atoms with Gasteiger partial charge < -0.3 is 15.0 Å². The lowest BCUT2D eigenvalue weighted by molar-refractivity contribution is 0.321. The lowest BCUT2D eigenvalue weighted by atomic mass is 9.94. The van der Waals surface area contributed by atoms with Gasteiger partial charge in [-0.1, -0.05) is 33.1 Å². The number of hydrogen-bond donors (Lipinski definition) is 2. The maximum absolute atomic E-state index is 13.6. The summed E-state index contributed by atoms with van der Waals surface area (Å²) in [6.45, 7) is 6.14. The molecule has 32 heavy (non-hydrogen) atoms. The monoisotopic (exact) mass is 458 g/mol. The van der Waals surface area contributed by atoms with Crippen molar-refractivity contribution in [2.45, 2.75) is 82.3 Å². The van der Waals surface area contributed by atoms with Crippen molar-refractivity contribution >= 4 is 33.0 Å². The Labute approximate surface area is 190 Å². The predicted molar refractivity (Wildman–Crippen MR) is 127 cm³/mol.